The average Bonchev–Trinajstić information content (AvgIpc) is 3.00. The van der Waals surface area contributed by atoms with E-state index >= 15 is 0 Å². The maximum Gasteiger partial charge on any atom is 0.294 e. The molecule has 0 aliphatic heterocycles. The Morgan fingerprint density at radius 1 is 1.07 bits per heavy atom. The van der Waals surface area contributed by atoms with Crippen molar-refractivity contribution in [2.24, 2.45) is 5.92 Å². The molecule has 0 saturated heterocycles. The van der Waals surface area contributed by atoms with Crippen LogP contribution in [0, 0.1) is 27.4 Å². The van der Waals surface area contributed by atoms with Crippen molar-refractivity contribution in [1.29, 1.82) is 5.26 Å². The van der Waals surface area contributed by atoms with Crippen molar-refractivity contribution in [3.05, 3.63) is 69.8 Å². The van der Waals surface area contributed by atoms with Crippen molar-refractivity contribution in [3.8, 4) is 17.6 Å². The molecule has 2 aromatic rings. The molecule has 0 radical (unpaired) electrons. The lowest BCUT2D eigenvalue weighted by Gasteiger charge is -2.29. The molecule has 2 aromatic carbocycles. The number of likely N-dealkylation sites (N-methyl/N-ethyl adjacent to an activating group) is 1. The van der Waals surface area contributed by atoms with Crippen LogP contribution in [0.2, 0.25) is 0 Å². The van der Waals surface area contributed by atoms with Crippen LogP contribution in [-0.2, 0) is 16.1 Å². The van der Waals surface area contributed by atoms with Gasteiger partial charge in [-0.1, -0.05) is 56.9 Å². The molecular formula is C32H46N4O6. The molecule has 2 unspecified atom stereocenters. The quantitative estimate of drug-likeness (QED) is 0.103. The Labute approximate surface area is 250 Å². The van der Waals surface area contributed by atoms with Gasteiger partial charge in [0.2, 0.25) is 0 Å². The van der Waals surface area contributed by atoms with Crippen LogP contribution in [0.5, 0.6) is 11.5 Å². The SMILES string of the molecule is CCCCCCC(C#N)CCC(c1ccc(OCC(=O)NCCCO[N+](=O)[O-])cc1)N(C)CCc1cccc(OC)c1. The highest BCUT2D eigenvalue weighted by atomic mass is 16.9. The van der Waals surface area contributed by atoms with E-state index in [2.05, 4.69) is 47.2 Å². The summed E-state index contributed by atoms with van der Waals surface area (Å²) in [5.74, 6) is 1.16. The molecule has 2 atom stereocenters. The molecule has 0 saturated carbocycles. The fourth-order valence-electron chi connectivity index (χ4n) is 4.81. The molecule has 42 heavy (non-hydrogen) atoms. The van der Waals surface area contributed by atoms with E-state index in [-0.39, 0.29) is 37.6 Å². The first-order chi connectivity index (χ1) is 20.4. The zero-order chi connectivity index (χ0) is 30.6. The molecular weight excluding hydrogens is 536 g/mol. The molecule has 1 N–H and O–H groups in total. The highest BCUT2D eigenvalue weighted by molar-refractivity contribution is 5.77. The summed E-state index contributed by atoms with van der Waals surface area (Å²) in [6.07, 6.45) is 8.51. The third-order valence-corrected chi connectivity index (χ3v) is 7.27. The van der Waals surface area contributed by atoms with E-state index in [1.165, 1.54) is 24.8 Å². The number of nitrogens with one attached hydrogen (secondary N) is 1. The number of hydrogen-bond donors (Lipinski definition) is 1. The number of hydrogen-bond acceptors (Lipinski definition) is 8. The highest BCUT2D eigenvalue weighted by Crippen LogP contribution is 2.30. The largest absolute Gasteiger partial charge is 0.497 e. The first-order valence-electron chi connectivity index (χ1n) is 14.9. The summed E-state index contributed by atoms with van der Waals surface area (Å²) in [4.78, 5) is 28.8. The fraction of sp³-hybridized carbons (Fsp3) is 0.562. The van der Waals surface area contributed by atoms with Crippen LogP contribution in [0.25, 0.3) is 0 Å². The summed E-state index contributed by atoms with van der Waals surface area (Å²) in [6.45, 7) is 3.08. The van der Waals surface area contributed by atoms with Crippen molar-refractivity contribution in [1.82, 2.24) is 10.2 Å². The number of amides is 1. The van der Waals surface area contributed by atoms with Gasteiger partial charge >= 0.3 is 0 Å². The second-order valence-electron chi connectivity index (χ2n) is 10.5. The van der Waals surface area contributed by atoms with Crippen LogP contribution in [0.15, 0.2) is 48.5 Å². The Morgan fingerprint density at radius 2 is 1.86 bits per heavy atom. The van der Waals surface area contributed by atoms with Gasteiger partial charge in [0, 0.05) is 25.0 Å². The van der Waals surface area contributed by atoms with E-state index in [0.29, 0.717) is 12.2 Å². The number of unbranched alkanes of at least 4 members (excludes halogenated alkanes) is 3. The predicted octanol–water partition coefficient (Wildman–Crippen LogP) is 5.89. The second-order valence-corrected chi connectivity index (χ2v) is 10.5. The van der Waals surface area contributed by atoms with Crippen molar-refractivity contribution in [2.75, 3.05) is 40.5 Å². The van der Waals surface area contributed by atoms with E-state index in [9.17, 15) is 20.2 Å². The molecule has 0 spiro atoms. The van der Waals surface area contributed by atoms with Gasteiger partial charge in [-0.25, -0.2) is 0 Å². The van der Waals surface area contributed by atoms with Crippen LogP contribution in [0.1, 0.15) is 75.5 Å². The van der Waals surface area contributed by atoms with Crippen LogP contribution in [-0.4, -0.2) is 56.4 Å². The Bertz CT molecular complexity index is 1100. The van der Waals surface area contributed by atoms with Crippen LogP contribution in [0.3, 0.4) is 0 Å². The van der Waals surface area contributed by atoms with Gasteiger partial charge in [0.1, 0.15) is 11.5 Å². The third kappa shape index (κ3) is 13.7. The molecule has 0 aromatic heterocycles. The first-order valence-corrected chi connectivity index (χ1v) is 14.9. The van der Waals surface area contributed by atoms with Crippen molar-refractivity contribution >= 4 is 5.91 Å². The zero-order valence-electron chi connectivity index (χ0n) is 25.3. The number of carbonyl (C=O) groups excluding carboxylic acids is 1. The minimum atomic E-state index is -0.853. The molecule has 230 valence electrons. The first kappa shape index (κ1) is 34.4. The van der Waals surface area contributed by atoms with Gasteiger partial charge in [-0.15, -0.1) is 10.1 Å². The molecule has 1 amide bonds. The Kier molecular flexibility index (Phi) is 16.4. The minimum Gasteiger partial charge on any atom is -0.497 e. The fourth-order valence-corrected chi connectivity index (χ4v) is 4.81. The number of nitrogens with zero attached hydrogens (tertiary/aromatic N) is 3. The number of nitriles is 1. The number of methoxy groups -OCH3 is 1. The normalized spacial score (nSPS) is 12.3. The summed E-state index contributed by atoms with van der Waals surface area (Å²) in [7, 11) is 3.80. The molecule has 10 nitrogen and oxygen atoms in total. The van der Waals surface area contributed by atoms with E-state index in [1.54, 1.807) is 7.11 Å². The number of rotatable bonds is 22. The zero-order valence-corrected chi connectivity index (χ0v) is 25.3. The standard InChI is InChI=1S/C32H46N4O6/c1-4-5-6-7-10-27(24-33)13-18-31(35(2)21-19-26-11-8-12-30(23-26)40-3)28-14-16-29(17-15-28)41-25-32(37)34-20-9-22-42-36(38)39/h8,11-12,14-17,23,27,31H,4-7,9-10,13,18-22,25H2,1-3H3,(H,34,37). The van der Waals surface area contributed by atoms with E-state index in [4.69, 9.17) is 9.47 Å². The second kappa shape index (κ2) is 20.1. The molecule has 0 fully saturated rings. The van der Waals surface area contributed by atoms with Gasteiger partial charge in [0.15, 0.2) is 6.61 Å². The number of benzene rings is 2. The number of carbonyl (C=O) groups is 1. The molecule has 0 aliphatic carbocycles. The Hall–Kier alpha value is -3.84. The van der Waals surface area contributed by atoms with Gasteiger partial charge in [0.25, 0.3) is 11.0 Å². The Balaban J connectivity index is 1.99. The summed E-state index contributed by atoms with van der Waals surface area (Å²) < 4.78 is 11.0. The lowest BCUT2D eigenvalue weighted by molar-refractivity contribution is -0.757. The lowest BCUT2D eigenvalue weighted by Crippen LogP contribution is -2.30. The van der Waals surface area contributed by atoms with Gasteiger partial charge < -0.3 is 19.6 Å². The number of ether oxygens (including phenoxy) is 2. The van der Waals surface area contributed by atoms with E-state index in [0.717, 1.165) is 50.0 Å². The third-order valence-electron chi connectivity index (χ3n) is 7.27. The summed E-state index contributed by atoms with van der Waals surface area (Å²) >= 11 is 0. The highest BCUT2D eigenvalue weighted by Gasteiger charge is 2.20. The van der Waals surface area contributed by atoms with Gasteiger partial charge in [0.05, 0.1) is 19.8 Å². The van der Waals surface area contributed by atoms with Crippen molar-refractivity contribution < 1.29 is 24.2 Å². The monoisotopic (exact) mass is 582 g/mol. The molecule has 2 rings (SSSR count). The Morgan fingerprint density at radius 3 is 2.55 bits per heavy atom. The average molecular weight is 583 g/mol. The molecule has 0 heterocycles. The van der Waals surface area contributed by atoms with Gasteiger partial charge in [-0.2, -0.15) is 5.26 Å². The minimum absolute atomic E-state index is 0.0448. The smallest absolute Gasteiger partial charge is 0.294 e. The summed E-state index contributed by atoms with van der Waals surface area (Å²) in [6, 6.07) is 18.6. The van der Waals surface area contributed by atoms with Crippen LogP contribution < -0.4 is 14.8 Å². The maximum absolute atomic E-state index is 12.0. The molecule has 0 bridgehead atoms. The van der Waals surface area contributed by atoms with Crippen molar-refractivity contribution in [3.63, 3.8) is 0 Å². The maximum atomic E-state index is 12.0. The van der Waals surface area contributed by atoms with Crippen LogP contribution >= 0.6 is 0 Å². The topological polar surface area (TPSA) is 127 Å². The molecule has 10 heteroatoms. The predicted molar refractivity (Wildman–Crippen MR) is 162 cm³/mol. The summed E-state index contributed by atoms with van der Waals surface area (Å²) in [5, 5.41) is 21.8. The van der Waals surface area contributed by atoms with Crippen molar-refractivity contribution in [2.45, 2.75) is 70.8 Å². The lowest BCUT2D eigenvalue weighted by atomic mass is 9.92. The summed E-state index contributed by atoms with van der Waals surface area (Å²) in [5.41, 5.74) is 2.34. The van der Waals surface area contributed by atoms with Crippen LogP contribution in [0.4, 0.5) is 0 Å². The molecule has 0 aliphatic rings. The van der Waals surface area contributed by atoms with E-state index in [1.807, 2.05) is 36.4 Å². The van der Waals surface area contributed by atoms with Gasteiger partial charge in [-0.05, 0) is 74.5 Å². The van der Waals surface area contributed by atoms with E-state index < -0.39 is 5.09 Å². The van der Waals surface area contributed by atoms with Gasteiger partial charge in [-0.3, -0.25) is 9.69 Å².